The third kappa shape index (κ3) is 7.28. The van der Waals surface area contributed by atoms with Gasteiger partial charge in [0.15, 0.2) is 0 Å². The van der Waals surface area contributed by atoms with Gasteiger partial charge in [-0.15, -0.1) is 0 Å². The van der Waals surface area contributed by atoms with Crippen LogP contribution in [0, 0.1) is 0 Å². The molecular weight excluding hydrogens is 288 g/mol. The Morgan fingerprint density at radius 1 is 1.30 bits per heavy atom. The van der Waals surface area contributed by atoms with Crippen LogP contribution in [0.25, 0.3) is 0 Å². The molecule has 5 heteroatoms. The van der Waals surface area contributed by atoms with E-state index in [2.05, 4.69) is 35.6 Å². The first-order valence-corrected chi connectivity index (χ1v) is 8.17. The lowest BCUT2D eigenvalue weighted by molar-refractivity contribution is 0.282. The number of hydrogen-bond acceptors (Lipinski definition) is 4. The molecule has 1 unspecified atom stereocenters. The fraction of sp³-hybridized carbons (Fsp3) is 0.556. The lowest BCUT2D eigenvalue weighted by Crippen LogP contribution is -2.26. The highest BCUT2D eigenvalue weighted by atomic mass is 16.3. The van der Waals surface area contributed by atoms with Gasteiger partial charge < -0.3 is 10.4 Å². The van der Waals surface area contributed by atoms with Gasteiger partial charge in [-0.2, -0.15) is 5.11 Å². The van der Waals surface area contributed by atoms with E-state index in [1.54, 1.807) is 0 Å². The van der Waals surface area contributed by atoms with Gasteiger partial charge in [-0.25, -0.2) is 0 Å². The van der Waals surface area contributed by atoms with E-state index >= 15 is 0 Å². The first-order chi connectivity index (χ1) is 11.0. The lowest BCUT2D eigenvalue weighted by Gasteiger charge is -2.23. The van der Waals surface area contributed by atoms with E-state index < -0.39 is 0 Å². The molecule has 0 aliphatic rings. The number of nitrogens with one attached hydrogen (secondary N) is 1. The predicted octanol–water partition coefficient (Wildman–Crippen LogP) is 4.02. The molecule has 23 heavy (non-hydrogen) atoms. The van der Waals surface area contributed by atoms with E-state index in [9.17, 15) is 0 Å². The summed E-state index contributed by atoms with van der Waals surface area (Å²) in [4.78, 5) is 0. The molecule has 1 aromatic rings. The lowest BCUT2D eigenvalue weighted by atomic mass is 10.0. The number of nitrogens with zero attached hydrogens (tertiary/aromatic N) is 3. The Kier molecular flexibility index (Phi) is 8.33. The third-order valence-corrected chi connectivity index (χ3v) is 3.66. The molecule has 0 heterocycles. The summed E-state index contributed by atoms with van der Waals surface area (Å²) in [5, 5.41) is 22.9. The first kappa shape index (κ1) is 19.2. The Bertz CT molecular complexity index is 508. The molecule has 128 valence electrons. The maximum Gasteiger partial charge on any atom is 0.0681 e. The van der Waals surface area contributed by atoms with Crippen LogP contribution in [0.4, 0.5) is 5.69 Å². The molecule has 0 aliphatic carbocycles. The molecule has 0 radical (unpaired) electrons. The molecule has 0 aliphatic heterocycles. The molecule has 0 fully saturated rings. The van der Waals surface area contributed by atoms with Gasteiger partial charge in [0.1, 0.15) is 0 Å². The summed E-state index contributed by atoms with van der Waals surface area (Å²) in [5.74, 6) is 0. The van der Waals surface area contributed by atoms with Gasteiger partial charge in [0.2, 0.25) is 0 Å². The topological polar surface area (TPSA) is 60.2 Å². The second-order valence-electron chi connectivity index (χ2n) is 6.05. The Hall–Kier alpha value is -1.88. The van der Waals surface area contributed by atoms with Crippen LogP contribution in [0.5, 0.6) is 0 Å². The van der Waals surface area contributed by atoms with Gasteiger partial charge in [-0.1, -0.05) is 29.0 Å². The van der Waals surface area contributed by atoms with Crippen molar-refractivity contribution in [2.24, 2.45) is 10.3 Å². The molecule has 2 N–H and O–H groups in total. The van der Waals surface area contributed by atoms with Gasteiger partial charge in [0, 0.05) is 25.3 Å². The molecule has 0 amide bonds. The van der Waals surface area contributed by atoms with Crippen LogP contribution in [-0.2, 0) is 6.61 Å². The SMILES string of the molecule is C/C=C(\C)C(CCN(C)/N=N\C(C)C)Nc1ccc(CO)cc1. The van der Waals surface area contributed by atoms with Crippen molar-refractivity contribution >= 4 is 5.69 Å². The molecule has 0 aromatic heterocycles. The molecular formula is C18H30N4O. The summed E-state index contributed by atoms with van der Waals surface area (Å²) in [6.45, 7) is 9.12. The summed E-state index contributed by atoms with van der Waals surface area (Å²) in [6.07, 6.45) is 3.07. The Morgan fingerprint density at radius 2 is 1.96 bits per heavy atom. The Morgan fingerprint density at radius 3 is 2.48 bits per heavy atom. The van der Waals surface area contributed by atoms with Gasteiger partial charge in [0.25, 0.3) is 0 Å². The normalized spacial score (nSPS) is 13.6. The maximum absolute atomic E-state index is 9.12. The van der Waals surface area contributed by atoms with Crippen LogP contribution in [0.15, 0.2) is 46.3 Å². The number of allylic oxidation sites excluding steroid dienone is 1. The standard InChI is InChI=1S/C18H30N4O/c1-6-15(4)18(11-12-22(5)21-20-14(2)3)19-17-9-7-16(13-23)8-10-17/h6-10,14,18-19,23H,11-13H2,1-5H3/b15-6+,21-20-. The Balaban J connectivity index is 2.65. The number of aliphatic hydroxyl groups excluding tert-OH is 1. The zero-order chi connectivity index (χ0) is 17.2. The van der Waals surface area contributed by atoms with Gasteiger partial charge in [0.05, 0.1) is 12.6 Å². The summed E-state index contributed by atoms with van der Waals surface area (Å²) in [6, 6.07) is 8.35. The van der Waals surface area contributed by atoms with Crippen molar-refractivity contribution in [3.63, 3.8) is 0 Å². The van der Waals surface area contributed by atoms with Crippen LogP contribution >= 0.6 is 0 Å². The van der Waals surface area contributed by atoms with Crippen molar-refractivity contribution in [1.29, 1.82) is 0 Å². The molecule has 0 saturated carbocycles. The third-order valence-electron chi connectivity index (χ3n) is 3.66. The van der Waals surface area contributed by atoms with Gasteiger partial charge in [-0.3, -0.25) is 5.01 Å². The summed E-state index contributed by atoms with van der Waals surface area (Å²) in [7, 11) is 1.95. The fourth-order valence-corrected chi connectivity index (χ4v) is 2.07. The fourth-order valence-electron chi connectivity index (χ4n) is 2.07. The molecule has 1 rings (SSSR count). The van der Waals surface area contributed by atoms with E-state index in [0.717, 1.165) is 24.2 Å². The zero-order valence-electron chi connectivity index (χ0n) is 15.0. The largest absolute Gasteiger partial charge is 0.392 e. The van der Waals surface area contributed by atoms with Gasteiger partial charge >= 0.3 is 0 Å². The van der Waals surface area contributed by atoms with E-state index in [0.29, 0.717) is 0 Å². The van der Waals surface area contributed by atoms with E-state index in [1.165, 1.54) is 5.57 Å². The number of hydrogen-bond donors (Lipinski definition) is 2. The molecule has 0 bridgehead atoms. The maximum atomic E-state index is 9.12. The van der Waals surface area contributed by atoms with Crippen LogP contribution < -0.4 is 5.32 Å². The summed E-state index contributed by atoms with van der Waals surface area (Å²) < 4.78 is 0. The second kappa shape index (κ2) is 10.0. The van der Waals surface area contributed by atoms with Gasteiger partial charge in [-0.05, 0) is 51.8 Å². The quantitative estimate of drug-likeness (QED) is 0.411. The minimum absolute atomic E-state index is 0.0727. The highest BCUT2D eigenvalue weighted by molar-refractivity contribution is 5.47. The molecule has 0 spiro atoms. The first-order valence-electron chi connectivity index (χ1n) is 8.17. The second-order valence-corrected chi connectivity index (χ2v) is 6.05. The average molecular weight is 318 g/mol. The van der Waals surface area contributed by atoms with Crippen molar-refractivity contribution in [3.05, 3.63) is 41.5 Å². The van der Waals surface area contributed by atoms with E-state index in [1.807, 2.05) is 50.2 Å². The molecule has 1 atom stereocenters. The van der Waals surface area contributed by atoms with Crippen LogP contribution in [0.2, 0.25) is 0 Å². The zero-order valence-corrected chi connectivity index (χ0v) is 15.0. The predicted molar refractivity (Wildman–Crippen MR) is 96.4 cm³/mol. The van der Waals surface area contributed by atoms with Crippen molar-refractivity contribution in [2.75, 3.05) is 18.9 Å². The van der Waals surface area contributed by atoms with E-state index in [-0.39, 0.29) is 18.7 Å². The van der Waals surface area contributed by atoms with Crippen LogP contribution in [0.1, 0.15) is 39.7 Å². The highest BCUT2D eigenvalue weighted by Gasteiger charge is 2.11. The smallest absolute Gasteiger partial charge is 0.0681 e. The number of rotatable bonds is 9. The monoisotopic (exact) mass is 318 g/mol. The highest BCUT2D eigenvalue weighted by Crippen LogP contribution is 2.16. The molecule has 1 aromatic carbocycles. The summed E-state index contributed by atoms with van der Waals surface area (Å²) in [5.41, 5.74) is 3.27. The average Bonchev–Trinajstić information content (AvgIpc) is 2.56. The number of benzene rings is 1. The van der Waals surface area contributed by atoms with Crippen LogP contribution in [0.3, 0.4) is 0 Å². The molecule has 0 saturated heterocycles. The van der Waals surface area contributed by atoms with E-state index in [4.69, 9.17) is 5.11 Å². The van der Waals surface area contributed by atoms with Crippen molar-refractivity contribution < 1.29 is 5.11 Å². The number of anilines is 1. The minimum Gasteiger partial charge on any atom is -0.392 e. The van der Waals surface area contributed by atoms with Crippen molar-refractivity contribution in [1.82, 2.24) is 5.01 Å². The molecule has 5 nitrogen and oxygen atoms in total. The summed E-state index contributed by atoms with van der Waals surface area (Å²) >= 11 is 0. The minimum atomic E-state index is 0.0727. The Labute approximate surface area is 140 Å². The van der Waals surface area contributed by atoms with Crippen molar-refractivity contribution in [3.8, 4) is 0 Å². The number of aliphatic hydroxyl groups is 1. The van der Waals surface area contributed by atoms with Crippen LogP contribution in [-0.4, -0.2) is 35.8 Å². The van der Waals surface area contributed by atoms with Crippen molar-refractivity contribution in [2.45, 2.75) is 52.8 Å².